The van der Waals surface area contributed by atoms with E-state index in [1.807, 2.05) is 0 Å². The molecule has 0 bridgehead atoms. The third kappa shape index (κ3) is 4.59. The van der Waals surface area contributed by atoms with Crippen LogP contribution in [-0.2, 0) is 6.61 Å². The van der Waals surface area contributed by atoms with Crippen molar-refractivity contribution in [2.24, 2.45) is 0 Å². The molecule has 0 amide bonds. The van der Waals surface area contributed by atoms with Crippen LogP contribution in [0.3, 0.4) is 0 Å². The summed E-state index contributed by atoms with van der Waals surface area (Å²) in [5, 5.41) is 9.54. The van der Waals surface area contributed by atoms with Crippen LogP contribution in [-0.4, -0.2) is 16.1 Å². The number of carbonyl (C=O) groups is 1. The van der Waals surface area contributed by atoms with E-state index < -0.39 is 17.6 Å². The van der Waals surface area contributed by atoms with Gasteiger partial charge < -0.3 is 9.84 Å². The van der Waals surface area contributed by atoms with E-state index in [2.05, 4.69) is 4.98 Å². The molecule has 4 rings (SSSR count). The molecule has 0 fully saturated rings. The summed E-state index contributed by atoms with van der Waals surface area (Å²) in [5.41, 5.74) is 3.09. The minimum absolute atomic E-state index is 0.0446. The van der Waals surface area contributed by atoms with Gasteiger partial charge in [0.25, 0.3) is 0 Å². The van der Waals surface area contributed by atoms with Gasteiger partial charge in [0.1, 0.15) is 29.7 Å². The monoisotopic (exact) mass is 441 g/mol. The fourth-order valence-corrected chi connectivity index (χ4v) is 3.86. The molecule has 0 aliphatic heterocycles. The minimum Gasteiger partial charge on any atom is -0.488 e. The molecule has 0 radical (unpaired) electrons. The van der Waals surface area contributed by atoms with E-state index in [1.165, 1.54) is 30.3 Å². The number of carboxylic acid groups (broad SMARTS) is 1. The third-order valence-corrected chi connectivity index (χ3v) is 5.40. The first kappa shape index (κ1) is 21.0. The van der Waals surface area contributed by atoms with Crippen molar-refractivity contribution in [3.05, 3.63) is 93.8 Å². The largest absolute Gasteiger partial charge is 0.488 e. The summed E-state index contributed by atoms with van der Waals surface area (Å²) >= 11 is 5.80. The van der Waals surface area contributed by atoms with Gasteiger partial charge in [-0.1, -0.05) is 23.7 Å². The highest BCUT2D eigenvalue weighted by atomic mass is 35.5. The topological polar surface area (TPSA) is 59.4 Å². The summed E-state index contributed by atoms with van der Waals surface area (Å²) in [6, 6.07) is 13.3. The van der Waals surface area contributed by atoms with Crippen LogP contribution in [0.25, 0.3) is 11.1 Å². The number of halogens is 3. The molecule has 1 aromatic heterocycles. The van der Waals surface area contributed by atoms with Crippen LogP contribution >= 0.6 is 11.6 Å². The van der Waals surface area contributed by atoms with E-state index in [0.29, 0.717) is 40.4 Å². The average Bonchev–Trinajstić information content (AvgIpc) is 3.23. The van der Waals surface area contributed by atoms with Gasteiger partial charge >= 0.3 is 5.97 Å². The average molecular weight is 442 g/mol. The van der Waals surface area contributed by atoms with Gasteiger partial charge in [0.15, 0.2) is 0 Å². The Bertz CT molecular complexity index is 1190. The van der Waals surface area contributed by atoms with E-state index >= 15 is 0 Å². The van der Waals surface area contributed by atoms with Crippen molar-refractivity contribution in [3.63, 3.8) is 0 Å². The number of rotatable bonds is 6. The highest BCUT2D eigenvalue weighted by Crippen LogP contribution is 2.42. The summed E-state index contributed by atoms with van der Waals surface area (Å²) in [6.45, 7) is -0.0446. The molecular formula is C24H18ClF2NO3. The molecule has 0 unspecified atom stereocenters. The van der Waals surface area contributed by atoms with Gasteiger partial charge in [0.05, 0.1) is 5.69 Å². The molecule has 31 heavy (non-hydrogen) atoms. The quantitative estimate of drug-likeness (QED) is 0.481. The number of carboxylic acids is 1. The van der Waals surface area contributed by atoms with Crippen LogP contribution in [0.2, 0.25) is 5.02 Å². The van der Waals surface area contributed by atoms with E-state index in [9.17, 15) is 18.7 Å². The molecule has 1 N–H and O–H groups in total. The van der Waals surface area contributed by atoms with Gasteiger partial charge in [0.2, 0.25) is 0 Å². The Morgan fingerprint density at radius 1 is 1.06 bits per heavy atom. The lowest BCUT2D eigenvalue weighted by Gasteiger charge is -2.15. The molecule has 3 aromatic rings. The zero-order valence-corrected chi connectivity index (χ0v) is 17.1. The first-order chi connectivity index (χ1) is 14.9. The van der Waals surface area contributed by atoms with E-state index in [4.69, 9.17) is 16.3 Å². The standard InChI is InChI=1S/C24H18ClF2NO3/c25-15-8-7-14(20(27)11-15)13-31-23-10-9-16(26)12-19(23)17-3-1-4-18(17)21-5-2-6-22(28-21)24(29)30/h2,5-12H,1,3-4,13H2,(H,29,30). The van der Waals surface area contributed by atoms with Crippen LogP contribution in [0, 0.1) is 11.6 Å². The first-order valence-electron chi connectivity index (χ1n) is 9.72. The van der Waals surface area contributed by atoms with Crippen molar-refractivity contribution in [1.82, 2.24) is 4.98 Å². The van der Waals surface area contributed by atoms with Gasteiger partial charge in [-0.15, -0.1) is 0 Å². The second kappa shape index (κ2) is 8.86. The second-order valence-electron chi connectivity index (χ2n) is 7.19. The number of benzene rings is 2. The summed E-state index contributed by atoms with van der Waals surface area (Å²) in [4.78, 5) is 15.5. The molecule has 0 saturated carbocycles. The third-order valence-electron chi connectivity index (χ3n) is 5.16. The number of nitrogens with zero attached hydrogens (tertiary/aromatic N) is 1. The van der Waals surface area contributed by atoms with Crippen molar-refractivity contribution in [3.8, 4) is 5.75 Å². The first-order valence-corrected chi connectivity index (χ1v) is 10.1. The molecule has 2 aromatic carbocycles. The van der Waals surface area contributed by atoms with Crippen LogP contribution in [0.5, 0.6) is 5.75 Å². The smallest absolute Gasteiger partial charge is 0.354 e. The zero-order valence-electron chi connectivity index (χ0n) is 16.4. The highest BCUT2D eigenvalue weighted by Gasteiger charge is 2.23. The summed E-state index contributed by atoms with van der Waals surface area (Å²) < 4.78 is 34.1. The van der Waals surface area contributed by atoms with Crippen LogP contribution in [0.1, 0.15) is 46.6 Å². The number of ether oxygens (including phenoxy) is 1. The Morgan fingerprint density at radius 3 is 2.65 bits per heavy atom. The van der Waals surface area contributed by atoms with Gasteiger partial charge in [-0.3, -0.25) is 0 Å². The van der Waals surface area contributed by atoms with Crippen molar-refractivity contribution >= 4 is 28.7 Å². The molecule has 1 aliphatic rings. The number of hydrogen-bond acceptors (Lipinski definition) is 3. The fraction of sp³-hybridized carbons (Fsp3) is 0.167. The number of allylic oxidation sites excluding steroid dienone is 2. The number of aromatic carboxylic acids is 1. The number of hydrogen-bond donors (Lipinski definition) is 1. The Kier molecular flexibility index (Phi) is 6.00. The normalized spacial score (nSPS) is 13.5. The van der Waals surface area contributed by atoms with E-state index in [0.717, 1.165) is 17.6 Å². The molecule has 1 heterocycles. The Hall–Kier alpha value is -3.25. The van der Waals surface area contributed by atoms with Gasteiger partial charge in [-0.2, -0.15) is 0 Å². The Balaban J connectivity index is 1.71. The highest BCUT2D eigenvalue weighted by molar-refractivity contribution is 6.30. The maximum absolute atomic E-state index is 14.1. The molecule has 0 atom stereocenters. The minimum atomic E-state index is -1.11. The predicted molar refractivity (Wildman–Crippen MR) is 114 cm³/mol. The predicted octanol–water partition coefficient (Wildman–Crippen LogP) is 6.39. The molecular weight excluding hydrogens is 424 g/mol. The van der Waals surface area contributed by atoms with Crippen molar-refractivity contribution in [1.29, 1.82) is 0 Å². The second-order valence-corrected chi connectivity index (χ2v) is 7.63. The maximum atomic E-state index is 14.1. The molecule has 1 aliphatic carbocycles. The maximum Gasteiger partial charge on any atom is 0.354 e. The van der Waals surface area contributed by atoms with Gasteiger partial charge in [-0.25, -0.2) is 18.6 Å². The number of aromatic nitrogens is 1. The van der Waals surface area contributed by atoms with Crippen molar-refractivity contribution in [2.45, 2.75) is 25.9 Å². The fourth-order valence-electron chi connectivity index (χ4n) is 3.70. The van der Waals surface area contributed by atoms with E-state index in [1.54, 1.807) is 24.3 Å². The van der Waals surface area contributed by atoms with Crippen LogP contribution < -0.4 is 4.74 Å². The Morgan fingerprint density at radius 2 is 1.87 bits per heavy atom. The lowest BCUT2D eigenvalue weighted by atomic mass is 9.98. The van der Waals surface area contributed by atoms with Crippen LogP contribution in [0.4, 0.5) is 8.78 Å². The summed E-state index contributed by atoms with van der Waals surface area (Å²) in [5.74, 6) is -1.60. The lowest BCUT2D eigenvalue weighted by molar-refractivity contribution is 0.0690. The summed E-state index contributed by atoms with van der Waals surface area (Å²) in [6.07, 6.45) is 2.18. The SMILES string of the molecule is O=C(O)c1cccc(C2=C(c3cc(F)ccc3OCc3ccc(Cl)cc3F)CCC2)n1. The van der Waals surface area contributed by atoms with Gasteiger partial charge in [-0.05, 0) is 72.9 Å². The zero-order chi connectivity index (χ0) is 22.0. The molecule has 0 saturated heterocycles. The summed E-state index contributed by atoms with van der Waals surface area (Å²) in [7, 11) is 0. The number of pyridine rings is 1. The van der Waals surface area contributed by atoms with Gasteiger partial charge in [0, 0.05) is 16.1 Å². The molecule has 0 spiro atoms. The Labute approximate surface area is 182 Å². The van der Waals surface area contributed by atoms with E-state index in [-0.39, 0.29) is 12.3 Å². The molecule has 4 nitrogen and oxygen atoms in total. The lowest BCUT2D eigenvalue weighted by Crippen LogP contribution is -2.03. The molecule has 158 valence electrons. The molecule has 7 heteroatoms. The van der Waals surface area contributed by atoms with Crippen molar-refractivity contribution < 1.29 is 23.4 Å². The van der Waals surface area contributed by atoms with Crippen LogP contribution in [0.15, 0.2) is 54.6 Å². The van der Waals surface area contributed by atoms with Crippen molar-refractivity contribution in [2.75, 3.05) is 0 Å².